The maximum Gasteiger partial charge on any atom is 0.245 e. The van der Waals surface area contributed by atoms with Crippen LogP contribution < -0.4 is 5.32 Å². The molecule has 96 valence electrons. The van der Waals surface area contributed by atoms with Crippen molar-refractivity contribution in [1.29, 1.82) is 0 Å². The van der Waals surface area contributed by atoms with Crippen LogP contribution in [0.15, 0.2) is 24.3 Å². The summed E-state index contributed by atoms with van der Waals surface area (Å²) in [6, 6.07) is 7.09. The molecule has 1 aromatic rings. The molecule has 1 aromatic carbocycles. The molecule has 18 heavy (non-hydrogen) atoms. The predicted molar refractivity (Wildman–Crippen MR) is 69.3 cm³/mol. The van der Waals surface area contributed by atoms with E-state index < -0.39 is 6.04 Å². The largest absolute Gasteiger partial charge is 0.343 e. The highest BCUT2D eigenvalue weighted by molar-refractivity contribution is 6.30. The minimum Gasteiger partial charge on any atom is -0.343 e. The van der Waals surface area contributed by atoms with Gasteiger partial charge in [0.2, 0.25) is 11.8 Å². The van der Waals surface area contributed by atoms with Crippen LogP contribution in [-0.4, -0.2) is 35.8 Å². The summed E-state index contributed by atoms with van der Waals surface area (Å²) < 4.78 is 0. The maximum absolute atomic E-state index is 11.8. The molecule has 0 saturated carbocycles. The smallest absolute Gasteiger partial charge is 0.245 e. The fourth-order valence-corrected chi connectivity index (χ4v) is 2.10. The van der Waals surface area contributed by atoms with Gasteiger partial charge in [-0.3, -0.25) is 9.59 Å². The summed E-state index contributed by atoms with van der Waals surface area (Å²) in [5.41, 5.74) is 1.10. The van der Waals surface area contributed by atoms with Crippen molar-refractivity contribution in [2.75, 3.05) is 13.1 Å². The maximum atomic E-state index is 11.8. The van der Waals surface area contributed by atoms with Gasteiger partial charge in [0, 0.05) is 11.6 Å². The number of hydrogen-bond acceptors (Lipinski definition) is 2. The van der Waals surface area contributed by atoms with E-state index >= 15 is 0 Å². The van der Waals surface area contributed by atoms with E-state index in [9.17, 15) is 9.59 Å². The van der Waals surface area contributed by atoms with Crippen molar-refractivity contribution < 1.29 is 9.59 Å². The van der Waals surface area contributed by atoms with Crippen molar-refractivity contribution in [2.45, 2.75) is 19.4 Å². The second-order valence-corrected chi connectivity index (χ2v) is 4.86. The van der Waals surface area contributed by atoms with Gasteiger partial charge in [-0.2, -0.15) is 0 Å². The van der Waals surface area contributed by atoms with Crippen molar-refractivity contribution in [3.05, 3.63) is 34.9 Å². The Labute approximate surface area is 111 Å². The van der Waals surface area contributed by atoms with Gasteiger partial charge in [0.25, 0.3) is 0 Å². The quantitative estimate of drug-likeness (QED) is 0.895. The standard InChI is InChI=1S/C13H15ClN2O2/c1-9-13(18)16(8-12(17)15-9)7-6-10-2-4-11(14)5-3-10/h2-5,9H,6-8H2,1H3,(H,15,17). The van der Waals surface area contributed by atoms with Crippen LogP contribution in [0.5, 0.6) is 0 Å². The predicted octanol–water partition coefficient (Wildman–Crippen LogP) is 1.23. The second kappa shape index (κ2) is 5.40. The normalized spacial score (nSPS) is 19.9. The van der Waals surface area contributed by atoms with Gasteiger partial charge in [-0.15, -0.1) is 0 Å². The number of carbonyl (C=O) groups excluding carboxylic acids is 2. The Balaban J connectivity index is 1.94. The van der Waals surface area contributed by atoms with Gasteiger partial charge in [-0.25, -0.2) is 0 Å². The first-order valence-electron chi connectivity index (χ1n) is 5.89. The van der Waals surface area contributed by atoms with Crippen LogP contribution in [0.3, 0.4) is 0 Å². The van der Waals surface area contributed by atoms with Crippen LogP contribution in [0.2, 0.25) is 5.02 Å². The first-order valence-corrected chi connectivity index (χ1v) is 6.26. The lowest BCUT2D eigenvalue weighted by molar-refractivity contribution is -0.143. The molecule has 0 radical (unpaired) electrons. The van der Waals surface area contributed by atoms with Crippen LogP contribution in [0.4, 0.5) is 0 Å². The number of carbonyl (C=O) groups is 2. The van der Waals surface area contributed by atoms with Crippen molar-refractivity contribution in [2.24, 2.45) is 0 Å². The van der Waals surface area contributed by atoms with Crippen LogP contribution >= 0.6 is 11.6 Å². The molecule has 0 aliphatic carbocycles. The Kier molecular flexibility index (Phi) is 3.87. The van der Waals surface area contributed by atoms with E-state index in [0.717, 1.165) is 12.0 Å². The average Bonchev–Trinajstić information content (AvgIpc) is 2.34. The Morgan fingerprint density at radius 3 is 2.67 bits per heavy atom. The average molecular weight is 267 g/mol. The molecule has 0 aromatic heterocycles. The van der Waals surface area contributed by atoms with Crippen molar-refractivity contribution >= 4 is 23.4 Å². The molecule has 1 unspecified atom stereocenters. The minimum atomic E-state index is -0.420. The van der Waals surface area contributed by atoms with Gasteiger partial charge >= 0.3 is 0 Å². The Morgan fingerprint density at radius 1 is 1.33 bits per heavy atom. The summed E-state index contributed by atoms with van der Waals surface area (Å²) in [5.74, 6) is -0.123. The zero-order valence-corrected chi connectivity index (χ0v) is 10.9. The van der Waals surface area contributed by atoms with E-state index in [4.69, 9.17) is 11.6 Å². The Morgan fingerprint density at radius 2 is 2.00 bits per heavy atom. The number of piperazine rings is 1. The molecule has 1 saturated heterocycles. The molecule has 2 amide bonds. The van der Waals surface area contributed by atoms with Crippen LogP contribution in [-0.2, 0) is 16.0 Å². The van der Waals surface area contributed by atoms with E-state index in [2.05, 4.69) is 5.32 Å². The molecule has 1 aliphatic heterocycles. The number of hydrogen-bond donors (Lipinski definition) is 1. The summed E-state index contributed by atoms with van der Waals surface area (Å²) in [5, 5.41) is 3.31. The number of nitrogens with zero attached hydrogens (tertiary/aromatic N) is 1. The number of amides is 2. The monoisotopic (exact) mass is 266 g/mol. The van der Waals surface area contributed by atoms with E-state index in [1.807, 2.05) is 24.3 Å². The third-order valence-electron chi connectivity index (χ3n) is 2.98. The summed E-state index contributed by atoms with van der Waals surface area (Å²) in [7, 11) is 0. The molecule has 1 fully saturated rings. The number of benzene rings is 1. The lowest BCUT2D eigenvalue weighted by Crippen LogP contribution is -2.57. The SMILES string of the molecule is CC1NC(=O)CN(CCc2ccc(Cl)cc2)C1=O. The molecule has 0 spiro atoms. The van der Waals surface area contributed by atoms with E-state index in [-0.39, 0.29) is 18.4 Å². The summed E-state index contributed by atoms with van der Waals surface area (Å²) in [6.45, 7) is 2.41. The molecular weight excluding hydrogens is 252 g/mol. The third-order valence-corrected chi connectivity index (χ3v) is 3.23. The van der Waals surface area contributed by atoms with Gasteiger partial charge in [-0.05, 0) is 31.0 Å². The zero-order chi connectivity index (χ0) is 13.1. The van der Waals surface area contributed by atoms with Crippen LogP contribution in [0, 0.1) is 0 Å². The number of halogens is 1. The van der Waals surface area contributed by atoms with Crippen LogP contribution in [0.1, 0.15) is 12.5 Å². The van der Waals surface area contributed by atoms with Gasteiger partial charge in [0.15, 0.2) is 0 Å². The van der Waals surface area contributed by atoms with Gasteiger partial charge in [0.1, 0.15) is 6.04 Å². The first-order chi connectivity index (χ1) is 8.56. The van der Waals surface area contributed by atoms with E-state index in [1.54, 1.807) is 11.8 Å². The van der Waals surface area contributed by atoms with Crippen LogP contribution in [0.25, 0.3) is 0 Å². The summed E-state index contributed by atoms with van der Waals surface area (Å²) >= 11 is 5.80. The minimum absolute atomic E-state index is 0.0245. The molecule has 1 atom stereocenters. The lowest BCUT2D eigenvalue weighted by atomic mass is 10.1. The molecule has 2 rings (SSSR count). The third kappa shape index (κ3) is 3.01. The van der Waals surface area contributed by atoms with E-state index in [1.165, 1.54) is 0 Å². The summed E-state index contributed by atoms with van der Waals surface area (Å²) in [6.07, 6.45) is 0.725. The molecule has 5 heteroatoms. The highest BCUT2D eigenvalue weighted by Gasteiger charge is 2.28. The first kappa shape index (κ1) is 12.9. The van der Waals surface area contributed by atoms with Gasteiger partial charge < -0.3 is 10.2 Å². The highest BCUT2D eigenvalue weighted by atomic mass is 35.5. The second-order valence-electron chi connectivity index (χ2n) is 4.43. The highest BCUT2D eigenvalue weighted by Crippen LogP contribution is 2.11. The fraction of sp³-hybridized carbons (Fsp3) is 0.385. The Bertz CT molecular complexity index is 459. The van der Waals surface area contributed by atoms with Gasteiger partial charge in [-0.1, -0.05) is 23.7 Å². The van der Waals surface area contributed by atoms with Gasteiger partial charge in [0.05, 0.1) is 6.54 Å². The lowest BCUT2D eigenvalue weighted by Gasteiger charge is -2.30. The number of rotatable bonds is 3. The van der Waals surface area contributed by atoms with Crippen molar-refractivity contribution in [3.63, 3.8) is 0 Å². The molecule has 4 nitrogen and oxygen atoms in total. The van der Waals surface area contributed by atoms with E-state index in [0.29, 0.717) is 11.6 Å². The summed E-state index contributed by atoms with van der Waals surface area (Å²) in [4.78, 5) is 24.8. The molecule has 1 N–H and O–H groups in total. The van der Waals surface area contributed by atoms with Crippen molar-refractivity contribution in [3.8, 4) is 0 Å². The topological polar surface area (TPSA) is 49.4 Å². The Hall–Kier alpha value is -1.55. The van der Waals surface area contributed by atoms with Crippen molar-refractivity contribution in [1.82, 2.24) is 10.2 Å². The zero-order valence-electron chi connectivity index (χ0n) is 10.1. The molecule has 0 bridgehead atoms. The number of nitrogens with one attached hydrogen (secondary N) is 1. The molecule has 1 heterocycles. The molecule has 1 aliphatic rings. The fourth-order valence-electron chi connectivity index (χ4n) is 1.98. The molecular formula is C13H15ClN2O2.